The number of rotatable bonds is 3. The van der Waals surface area contributed by atoms with E-state index in [2.05, 4.69) is 102 Å². The third-order valence-electron chi connectivity index (χ3n) is 4.87. The smallest absolute Gasteiger partial charge is 0.0209 e. The molecule has 0 aliphatic heterocycles. The fourth-order valence-electron chi connectivity index (χ4n) is 3.55. The summed E-state index contributed by atoms with van der Waals surface area (Å²) in [7, 11) is 0. The van der Waals surface area contributed by atoms with Crippen molar-refractivity contribution in [1.29, 1.82) is 0 Å². The van der Waals surface area contributed by atoms with Gasteiger partial charge in [0.15, 0.2) is 0 Å². The fraction of sp³-hybridized carbons (Fsp3) is 0.167. The molecular weight excluding hydrogens is 415 g/mol. The molecule has 0 fully saturated rings. The monoisotopic (exact) mass is 436 g/mol. The van der Waals surface area contributed by atoms with Crippen LogP contribution in [-0.4, -0.2) is 0 Å². The van der Waals surface area contributed by atoms with E-state index in [0.717, 1.165) is 25.7 Å². The van der Waals surface area contributed by atoms with Gasteiger partial charge in [-0.25, -0.2) is 0 Å². The second-order valence-electron chi connectivity index (χ2n) is 6.54. The van der Waals surface area contributed by atoms with E-state index in [1.165, 1.54) is 37.0 Å². The fourth-order valence-corrected chi connectivity index (χ4v) is 4.23. The van der Waals surface area contributed by atoms with Crippen molar-refractivity contribution in [2.45, 2.75) is 25.7 Å². The predicted molar refractivity (Wildman–Crippen MR) is 117 cm³/mol. The van der Waals surface area contributed by atoms with Crippen LogP contribution in [0.2, 0.25) is 0 Å². The third kappa shape index (κ3) is 3.57. The Morgan fingerprint density at radius 1 is 0.800 bits per heavy atom. The average Bonchev–Trinajstić information content (AvgIpc) is 2.69. The Morgan fingerprint density at radius 2 is 1.72 bits per heavy atom. The minimum Gasteiger partial charge on any atom is -0.0842 e. The summed E-state index contributed by atoms with van der Waals surface area (Å²) in [6.45, 7) is 0. The van der Waals surface area contributed by atoms with E-state index in [-0.39, 0.29) is 0 Å². The lowest BCUT2D eigenvalue weighted by molar-refractivity contribution is 1.04. The van der Waals surface area contributed by atoms with E-state index in [0.29, 0.717) is 0 Å². The molecule has 25 heavy (non-hydrogen) atoms. The molecule has 2 aromatic rings. The number of allylic oxidation sites excluding steroid dienone is 8. The zero-order valence-corrected chi connectivity index (χ0v) is 16.4. The number of hydrogen-bond acceptors (Lipinski definition) is 0. The van der Waals surface area contributed by atoms with Crippen LogP contribution in [0.1, 0.15) is 36.8 Å². The second-order valence-corrected chi connectivity index (χ2v) is 7.70. The van der Waals surface area contributed by atoms with E-state index < -0.39 is 0 Å². The van der Waals surface area contributed by atoms with Gasteiger partial charge in [-0.2, -0.15) is 0 Å². The van der Waals surface area contributed by atoms with Gasteiger partial charge in [0, 0.05) is 3.57 Å². The first-order chi connectivity index (χ1) is 12.3. The van der Waals surface area contributed by atoms with E-state index >= 15 is 0 Å². The van der Waals surface area contributed by atoms with Crippen molar-refractivity contribution in [3.63, 3.8) is 0 Å². The molecule has 0 amide bonds. The summed E-state index contributed by atoms with van der Waals surface area (Å²) in [6, 6.07) is 15.7. The minimum atomic E-state index is 1.13. The molecule has 0 saturated heterocycles. The topological polar surface area (TPSA) is 0 Å². The zero-order valence-electron chi connectivity index (χ0n) is 14.2. The van der Waals surface area contributed by atoms with Gasteiger partial charge in [0.25, 0.3) is 0 Å². The summed E-state index contributed by atoms with van der Waals surface area (Å²) in [5, 5.41) is 0. The predicted octanol–water partition coefficient (Wildman–Crippen LogP) is 7.43. The summed E-state index contributed by atoms with van der Waals surface area (Å²) in [6.07, 6.45) is 18.2. The van der Waals surface area contributed by atoms with Crippen molar-refractivity contribution < 1.29 is 0 Å². The van der Waals surface area contributed by atoms with Crippen molar-refractivity contribution >= 4 is 33.7 Å². The van der Waals surface area contributed by atoms with Crippen LogP contribution < -0.4 is 0 Å². The van der Waals surface area contributed by atoms with Crippen LogP contribution >= 0.6 is 22.6 Å². The van der Waals surface area contributed by atoms with Crippen molar-refractivity contribution in [2.75, 3.05) is 0 Å². The normalized spacial score (nSPS) is 16.5. The standard InChI is InChI=1S/C24H21I/c25-24-14-8-7-13-22(24)21-16-15-20(18-9-3-1-4-10-18)17-23(21)19-11-5-2-6-12-19/h1,3,5,7-9,11-17H,2,4,6,10H2. The van der Waals surface area contributed by atoms with Crippen LogP contribution in [0.4, 0.5) is 0 Å². The lowest BCUT2D eigenvalue weighted by Crippen LogP contribution is -1.96. The molecule has 1 heteroatoms. The first-order valence-corrected chi connectivity index (χ1v) is 10.0. The van der Waals surface area contributed by atoms with Gasteiger partial charge in [-0.3, -0.25) is 0 Å². The van der Waals surface area contributed by atoms with E-state index in [9.17, 15) is 0 Å². The summed E-state index contributed by atoms with van der Waals surface area (Å²) < 4.78 is 1.30. The molecule has 0 nitrogen and oxygen atoms in total. The van der Waals surface area contributed by atoms with E-state index in [4.69, 9.17) is 0 Å². The molecular formula is C24H21I. The highest BCUT2D eigenvalue weighted by Gasteiger charge is 2.14. The minimum absolute atomic E-state index is 1.13. The first kappa shape index (κ1) is 16.6. The van der Waals surface area contributed by atoms with Crippen LogP contribution in [0.5, 0.6) is 0 Å². The van der Waals surface area contributed by atoms with Crippen molar-refractivity contribution in [3.05, 3.63) is 93.6 Å². The number of benzene rings is 2. The molecule has 0 atom stereocenters. The van der Waals surface area contributed by atoms with Gasteiger partial charge in [-0.15, -0.1) is 0 Å². The molecule has 0 N–H and O–H groups in total. The Balaban J connectivity index is 1.88. The molecule has 0 spiro atoms. The summed E-state index contributed by atoms with van der Waals surface area (Å²) in [5.74, 6) is 0. The van der Waals surface area contributed by atoms with Crippen LogP contribution in [0, 0.1) is 3.57 Å². The molecule has 0 unspecified atom stereocenters. The van der Waals surface area contributed by atoms with Crippen LogP contribution in [0.25, 0.3) is 22.3 Å². The van der Waals surface area contributed by atoms with Gasteiger partial charge in [-0.1, -0.05) is 66.8 Å². The van der Waals surface area contributed by atoms with Crippen LogP contribution in [-0.2, 0) is 0 Å². The maximum atomic E-state index is 2.45. The van der Waals surface area contributed by atoms with Crippen molar-refractivity contribution in [1.82, 2.24) is 0 Å². The molecule has 0 aromatic heterocycles. The van der Waals surface area contributed by atoms with Gasteiger partial charge in [0.05, 0.1) is 0 Å². The zero-order chi connectivity index (χ0) is 17.1. The van der Waals surface area contributed by atoms with Crippen molar-refractivity contribution in [3.8, 4) is 11.1 Å². The SMILES string of the molecule is Ic1ccccc1-c1ccc(C2=CC=CCC2)cc1C1=CCCC=C1. The van der Waals surface area contributed by atoms with Crippen LogP contribution in [0.3, 0.4) is 0 Å². The molecule has 0 bridgehead atoms. The quantitative estimate of drug-likeness (QED) is 0.439. The second kappa shape index (κ2) is 7.57. The molecule has 4 rings (SSSR count). The van der Waals surface area contributed by atoms with Crippen LogP contribution in [0.15, 0.2) is 78.9 Å². The van der Waals surface area contributed by atoms with Gasteiger partial charge in [0.2, 0.25) is 0 Å². The maximum Gasteiger partial charge on any atom is 0.0209 e. The Morgan fingerprint density at radius 3 is 2.48 bits per heavy atom. The Kier molecular flexibility index (Phi) is 5.02. The van der Waals surface area contributed by atoms with Gasteiger partial charge in [0.1, 0.15) is 0 Å². The summed E-state index contributed by atoms with van der Waals surface area (Å²) >= 11 is 2.45. The molecule has 2 aliphatic rings. The lowest BCUT2D eigenvalue weighted by atomic mass is 9.87. The molecule has 2 aliphatic carbocycles. The molecule has 2 aromatic carbocycles. The van der Waals surface area contributed by atoms with E-state index in [1.807, 2.05) is 0 Å². The Labute approximate surface area is 163 Å². The van der Waals surface area contributed by atoms with Gasteiger partial charge >= 0.3 is 0 Å². The highest BCUT2D eigenvalue weighted by atomic mass is 127. The molecule has 124 valence electrons. The Hall–Kier alpha value is -1.87. The molecule has 0 radical (unpaired) electrons. The van der Waals surface area contributed by atoms with E-state index in [1.54, 1.807) is 0 Å². The summed E-state index contributed by atoms with van der Waals surface area (Å²) in [4.78, 5) is 0. The molecule has 0 heterocycles. The number of hydrogen-bond donors (Lipinski definition) is 0. The average molecular weight is 436 g/mol. The first-order valence-electron chi connectivity index (χ1n) is 8.95. The number of halogens is 1. The Bertz CT molecular complexity index is 909. The largest absolute Gasteiger partial charge is 0.0842 e. The van der Waals surface area contributed by atoms with Crippen molar-refractivity contribution in [2.24, 2.45) is 0 Å². The lowest BCUT2D eigenvalue weighted by Gasteiger charge is -2.18. The molecule has 0 saturated carbocycles. The summed E-state index contributed by atoms with van der Waals surface area (Å²) in [5.41, 5.74) is 8.16. The maximum absolute atomic E-state index is 2.45. The third-order valence-corrected chi connectivity index (χ3v) is 5.81. The highest BCUT2D eigenvalue weighted by molar-refractivity contribution is 14.1. The van der Waals surface area contributed by atoms with Gasteiger partial charge in [-0.05, 0) is 93.8 Å². The van der Waals surface area contributed by atoms with Gasteiger partial charge < -0.3 is 0 Å². The highest BCUT2D eigenvalue weighted by Crippen LogP contribution is 2.36.